The molecule has 3 rings (SSSR count). The highest BCUT2D eigenvalue weighted by Gasteiger charge is 2.27. The number of likely N-dealkylation sites (N-methyl/N-ethyl adjacent to an activating group) is 2. The van der Waals surface area contributed by atoms with Gasteiger partial charge in [-0.2, -0.15) is 8.61 Å². The summed E-state index contributed by atoms with van der Waals surface area (Å²) in [4.78, 5) is 14.7. The number of nitrogens with one attached hydrogen (secondary N) is 1. The van der Waals surface area contributed by atoms with E-state index in [4.69, 9.17) is 0 Å². The van der Waals surface area contributed by atoms with Crippen LogP contribution in [-0.4, -0.2) is 83.1 Å². The van der Waals surface area contributed by atoms with Gasteiger partial charge in [-0.05, 0) is 50.4 Å². The van der Waals surface area contributed by atoms with Crippen LogP contribution in [0.1, 0.15) is 5.56 Å². The molecule has 0 spiro atoms. The predicted octanol–water partition coefficient (Wildman–Crippen LogP) is 1.19. The van der Waals surface area contributed by atoms with Gasteiger partial charge in [-0.1, -0.05) is 17.7 Å². The molecule has 1 aliphatic rings. The molecule has 1 fully saturated rings. The van der Waals surface area contributed by atoms with Crippen molar-refractivity contribution in [2.24, 2.45) is 0 Å². The van der Waals surface area contributed by atoms with Crippen LogP contribution in [0.15, 0.2) is 58.3 Å². The minimum atomic E-state index is -3.80. The summed E-state index contributed by atoms with van der Waals surface area (Å²) in [6.45, 7) is 3.68. The Bertz CT molecular complexity index is 1160. The Morgan fingerprint density at radius 2 is 1.44 bits per heavy atom. The number of anilines is 1. The molecule has 0 aromatic heterocycles. The Morgan fingerprint density at radius 1 is 0.906 bits per heavy atom. The standard InChI is InChI=1S/C21H28N4O5S2/c1-17-4-8-19(9-5-17)31(27,28)24(3)16-21(26)22-18-6-10-20(11-7-18)32(29,30)25-14-12-23(2)13-15-25/h4-11H,12-16H2,1-3H3,(H,22,26). The molecule has 2 aromatic rings. The van der Waals surface area contributed by atoms with E-state index in [1.54, 1.807) is 12.1 Å². The van der Waals surface area contributed by atoms with Crippen LogP contribution in [0, 0.1) is 6.92 Å². The van der Waals surface area contributed by atoms with E-state index >= 15 is 0 Å². The van der Waals surface area contributed by atoms with Crippen LogP contribution in [0.2, 0.25) is 0 Å². The van der Waals surface area contributed by atoms with Crippen molar-refractivity contribution in [1.82, 2.24) is 13.5 Å². The number of carbonyl (C=O) groups is 1. The van der Waals surface area contributed by atoms with Gasteiger partial charge in [0.25, 0.3) is 0 Å². The van der Waals surface area contributed by atoms with Crippen molar-refractivity contribution in [1.29, 1.82) is 0 Å². The molecule has 1 heterocycles. The molecule has 11 heteroatoms. The first-order valence-corrected chi connectivity index (χ1v) is 13.0. The minimum Gasteiger partial charge on any atom is -0.325 e. The van der Waals surface area contributed by atoms with Gasteiger partial charge in [-0.15, -0.1) is 0 Å². The number of nitrogens with zero attached hydrogens (tertiary/aromatic N) is 3. The van der Waals surface area contributed by atoms with Crippen LogP contribution >= 0.6 is 0 Å². The minimum absolute atomic E-state index is 0.108. The van der Waals surface area contributed by atoms with E-state index < -0.39 is 26.0 Å². The van der Waals surface area contributed by atoms with Crippen LogP contribution in [-0.2, 0) is 24.8 Å². The number of rotatable bonds is 7. The normalized spacial score (nSPS) is 16.2. The quantitative estimate of drug-likeness (QED) is 0.638. The number of hydrogen-bond acceptors (Lipinski definition) is 6. The lowest BCUT2D eigenvalue weighted by Crippen LogP contribution is -2.46. The molecule has 0 saturated carbocycles. The van der Waals surface area contributed by atoms with E-state index in [2.05, 4.69) is 10.2 Å². The maximum Gasteiger partial charge on any atom is 0.243 e. The van der Waals surface area contributed by atoms with Gasteiger partial charge in [0.1, 0.15) is 0 Å². The fourth-order valence-electron chi connectivity index (χ4n) is 3.27. The third kappa shape index (κ3) is 5.54. The second kappa shape index (κ2) is 9.67. The summed E-state index contributed by atoms with van der Waals surface area (Å²) in [6.07, 6.45) is 0. The van der Waals surface area contributed by atoms with E-state index in [1.165, 1.54) is 47.8 Å². The molecule has 1 amide bonds. The molecule has 0 radical (unpaired) electrons. The highest BCUT2D eigenvalue weighted by Crippen LogP contribution is 2.20. The monoisotopic (exact) mass is 480 g/mol. The fraction of sp³-hybridized carbons (Fsp3) is 0.381. The van der Waals surface area contributed by atoms with Crippen LogP contribution in [0.5, 0.6) is 0 Å². The van der Waals surface area contributed by atoms with Gasteiger partial charge in [0.2, 0.25) is 26.0 Å². The average molecular weight is 481 g/mol. The van der Waals surface area contributed by atoms with Gasteiger partial charge < -0.3 is 10.2 Å². The second-order valence-electron chi connectivity index (χ2n) is 7.85. The number of hydrogen-bond donors (Lipinski definition) is 1. The molecule has 1 N–H and O–H groups in total. The number of sulfonamides is 2. The van der Waals surface area contributed by atoms with Crippen molar-refractivity contribution >= 4 is 31.6 Å². The summed E-state index contributed by atoms with van der Waals surface area (Å²) < 4.78 is 53.2. The van der Waals surface area contributed by atoms with Gasteiger partial charge in [-0.3, -0.25) is 4.79 Å². The summed E-state index contributed by atoms with van der Waals surface area (Å²) in [5.74, 6) is -0.530. The molecule has 9 nitrogen and oxygen atoms in total. The summed E-state index contributed by atoms with van der Waals surface area (Å²) in [6, 6.07) is 12.3. The van der Waals surface area contributed by atoms with Gasteiger partial charge in [-0.25, -0.2) is 16.8 Å². The van der Waals surface area contributed by atoms with Crippen LogP contribution < -0.4 is 5.32 Å². The van der Waals surface area contributed by atoms with Gasteiger partial charge in [0.15, 0.2) is 0 Å². The molecular weight excluding hydrogens is 452 g/mol. The van der Waals surface area contributed by atoms with Crippen molar-refractivity contribution in [3.8, 4) is 0 Å². The summed E-state index contributed by atoms with van der Waals surface area (Å²) in [7, 11) is -4.11. The Morgan fingerprint density at radius 3 is 2.00 bits per heavy atom. The predicted molar refractivity (Wildman–Crippen MR) is 122 cm³/mol. The molecule has 174 valence electrons. The maximum atomic E-state index is 12.8. The maximum absolute atomic E-state index is 12.8. The van der Waals surface area contributed by atoms with Gasteiger partial charge >= 0.3 is 0 Å². The average Bonchev–Trinajstić information content (AvgIpc) is 2.74. The molecule has 2 aromatic carbocycles. The van der Waals surface area contributed by atoms with E-state index in [0.29, 0.717) is 31.9 Å². The van der Waals surface area contributed by atoms with E-state index in [1.807, 2.05) is 14.0 Å². The topological polar surface area (TPSA) is 107 Å². The van der Waals surface area contributed by atoms with E-state index in [9.17, 15) is 21.6 Å². The van der Waals surface area contributed by atoms with Crippen molar-refractivity contribution in [2.75, 3.05) is 52.1 Å². The molecule has 32 heavy (non-hydrogen) atoms. The summed E-state index contributed by atoms with van der Waals surface area (Å²) in [5, 5.41) is 2.61. The zero-order valence-electron chi connectivity index (χ0n) is 18.4. The van der Waals surface area contributed by atoms with Crippen molar-refractivity contribution < 1.29 is 21.6 Å². The van der Waals surface area contributed by atoms with Crippen LogP contribution in [0.3, 0.4) is 0 Å². The fourth-order valence-corrected chi connectivity index (χ4v) is 5.81. The first-order valence-electron chi connectivity index (χ1n) is 10.1. The lowest BCUT2D eigenvalue weighted by Gasteiger charge is -2.31. The zero-order valence-corrected chi connectivity index (χ0v) is 20.0. The smallest absolute Gasteiger partial charge is 0.243 e. The molecule has 0 unspecified atom stereocenters. The van der Waals surface area contributed by atoms with Crippen LogP contribution in [0.4, 0.5) is 5.69 Å². The SMILES string of the molecule is Cc1ccc(S(=O)(=O)N(C)CC(=O)Nc2ccc(S(=O)(=O)N3CCN(C)CC3)cc2)cc1. The Hall–Kier alpha value is -2.31. The lowest BCUT2D eigenvalue weighted by molar-refractivity contribution is -0.116. The Labute approximate surface area is 189 Å². The molecule has 1 aliphatic heterocycles. The highest BCUT2D eigenvalue weighted by molar-refractivity contribution is 7.89. The summed E-state index contributed by atoms with van der Waals surface area (Å²) in [5.41, 5.74) is 1.32. The third-order valence-electron chi connectivity index (χ3n) is 5.33. The number of carbonyl (C=O) groups excluding carboxylic acids is 1. The lowest BCUT2D eigenvalue weighted by atomic mass is 10.2. The number of benzene rings is 2. The highest BCUT2D eigenvalue weighted by atomic mass is 32.2. The number of amides is 1. The molecule has 0 aliphatic carbocycles. The zero-order chi connectivity index (χ0) is 23.5. The number of piperazine rings is 1. The first kappa shape index (κ1) is 24.3. The Kier molecular flexibility index (Phi) is 7.36. The van der Waals surface area contributed by atoms with Crippen molar-refractivity contribution in [3.63, 3.8) is 0 Å². The third-order valence-corrected chi connectivity index (χ3v) is 9.06. The van der Waals surface area contributed by atoms with Crippen LogP contribution in [0.25, 0.3) is 0 Å². The second-order valence-corrected chi connectivity index (χ2v) is 11.8. The largest absolute Gasteiger partial charge is 0.325 e. The van der Waals surface area contributed by atoms with Gasteiger partial charge in [0.05, 0.1) is 16.3 Å². The molecule has 0 atom stereocenters. The number of aryl methyl sites for hydroxylation is 1. The first-order chi connectivity index (χ1) is 15.0. The van der Waals surface area contributed by atoms with Crippen molar-refractivity contribution in [2.45, 2.75) is 16.7 Å². The Balaban J connectivity index is 1.62. The van der Waals surface area contributed by atoms with Crippen molar-refractivity contribution in [3.05, 3.63) is 54.1 Å². The van der Waals surface area contributed by atoms with E-state index in [-0.39, 0.29) is 16.3 Å². The molecule has 0 bridgehead atoms. The summed E-state index contributed by atoms with van der Waals surface area (Å²) >= 11 is 0. The van der Waals surface area contributed by atoms with E-state index in [0.717, 1.165) is 9.87 Å². The molecule has 1 saturated heterocycles. The molecular formula is C21H28N4O5S2. The van der Waals surface area contributed by atoms with Gasteiger partial charge in [0, 0.05) is 38.9 Å².